The number of hydrogen-bond acceptors (Lipinski definition) is 1. The fourth-order valence-corrected chi connectivity index (χ4v) is 3.04. The van der Waals surface area contributed by atoms with Crippen molar-refractivity contribution in [1.29, 1.82) is 0 Å². The van der Waals surface area contributed by atoms with Gasteiger partial charge in [-0.05, 0) is 41.7 Å². The molecule has 0 atom stereocenters. The van der Waals surface area contributed by atoms with Gasteiger partial charge in [0.05, 0.1) is 0 Å². The first-order valence-corrected chi connectivity index (χ1v) is 7.63. The molecule has 0 aromatic heterocycles. The molecule has 0 aliphatic carbocycles. The van der Waals surface area contributed by atoms with Gasteiger partial charge in [0.1, 0.15) is 0 Å². The van der Waals surface area contributed by atoms with Crippen LogP contribution in [-0.2, 0) is 0 Å². The van der Waals surface area contributed by atoms with Gasteiger partial charge >= 0.3 is 0 Å². The summed E-state index contributed by atoms with van der Waals surface area (Å²) in [5.74, 6) is 0.236. The number of nitrogens with two attached hydrogens (primary N) is 1. The molecule has 0 unspecified atom stereocenters. The molecule has 0 aliphatic rings. The van der Waals surface area contributed by atoms with Crippen LogP contribution in [-0.4, -0.2) is 0 Å². The van der Waals surface area contributed by atoms with E-state index < -0.39 is 0 Å². The second-order valence-electron chi connectivity index (χ2n) is 5.82. The van der Waals surface area contributed by atoms with Crippen LogP contribution in [0.5, 0.6) is 0 Å². The monoisotopic (exact) mass is 287 g/mol. The molecule has 3 aromatic rings. The number of anilines is 1. The van der Waals surface area contributed by atoms with E-state index in [1.807, 2.05) is 0 Å². The second kappa shape index (κ2) is 6.07. The smallest absolute Gasteiger partial charge is 0.0373 e. The van der Waals surface area contributed by atoms with Crippen LogP contribution in [0.15, 0.2) is 72.8 Å². The Balaban J connectivity index is 2.19. The highest BCUT2D eigenvalue weighted by atomic mass is 14.6. The van der Waals surface area contributed by atoms with Gasteiger partial charge in [0.25, 0.3) is 0 Å². The van der Waals surface area contributed by atoms with Crippen molar-refractivity contribution in [1.82, 2.24) is 0 Å². The summed E-state index contributed by atoms with van der Waals surface area (Å²) >= 11 is 0. The molecule has 0 saturated heterocycles. The molecule has 2 N–H and O–H groups in total. The molecular weight excluding hydrogens is 266 g/mol. The number of hydrogen-bond donors (Lipinski definition) is 1. The molecule has 0 spiro atoms. The maximum absolute atomic E-state index is 6.13. The Bertz CT molecular complexity index is 698. The van der Waals surface area contributed by atoms with E-state index in [-0.39, 0.29) is 5.92 Å². The van der Waals surface area contributed by atoms with Gasteiger partial charge in [-0.25, -0.2) is 0 Å². The van der Waals surface area contributed by atoms with E-state index in [0.29, 0.717) is 0 Å². The topological polar surface area (TPSA) is 26.0 Å². The summed E-state index contributed by atoms with van der Waals surface area (Å²) in [4.78, 5) is 0. The number of nitrogen functional groups attached to an aromatic ring is 1. The third-order valence-electron chi connectivity index (χ3n) is 4.22. The summed E-state index contributed by atoms with van der Waals surface area (Å²) in [6.07, 6.45) is 0. The number of benzene rings is 3. The van der Waals surface area contributed by atoms with E-state index in [1.54, 1.807) is 0 Å². The van der Waals surface area contributed by atoms with Crippen molar-refractivity contribution in [3.05, 3.63) is 101 Å². The van der Waals surface area contributed by atoms with E-state index >= 15 is 0 Å². The average molecular weight is 287 g/mol. The first-order valence-electron chi connectivity index (χ1n) is 7.63. The minimum atomic E-state index is 0.236. The van der Waals surface area contributed by atoms with Crippen molar-refractivity contribution in [2.45, 2.75) is 19.8 Å². The molecule has 3 rings (SSSR count). The van der Waals surface area contributed by atoms with Crippen LogP contribution in [0.3, 0.4) is 0 Å². The predicted molar refractivity (Wildman–Crippen MR) is 94.2 cm³/mol. The highest BCUT2D eigenvalue weighted by Gasteiger charge is 2.17. The van der Waals surface area contributed by atoms with Gasteiger partial charge in [0, 0.05) is 11.6 Å². The second-order valence-corrected chi connectivity index (χ2v) is 5.82. The SMILES string of the molecule is Cc1cc(C(c2ccccc2)c2ccccc2)cc(C)c1N. The molecule has 3 aromatic carbocycles. The Morgan fingerprint density at radius 2 is 1.05 bits per heavy atom. The van der Waals surface area contributed by atoms with Gasteiger partial charge in [0.2, 0.25) is 0 Å². The summed E-state index contributed by atoms with van der Waals surface area (Å²) in [7, 11) is 0. The molecule has 22 heavy (non-hydrogen) atoms. The largest absolute Gasteiger partial charge is 0.398 e. The first kappa shape index (κ1) is 14.4. The van der Waals surface area contributed by atoms with Crippen LogP contribution in [0.25, 0.3) is 0 Å². The Hall–Kier alpha value is -2.54. The molecule has 0 aliphatic heterocycles. The highest BCUT2D eigenvalue weighted by molar-refractivity contribution is 5.57. The zero-order valence-electron chi connectivity index (χ0n) is 13.1. The predicted octanol–water partition coefficient (Wildman–Crippen LogP) is 5.07. The van der Waals surface area contributed by atoms with Crippen LogP contribution in [0.1, 0.15) is 33.7 Å². The van der Waals surface area contributed by atoms with Crippen LogP contribution in [0, 0.1) is 13.8 Å². The normalized spacial score (nSPS) is 10.9. The van der Waals surface area contributed by atoms with Gasteiger partial charge in [-0.15, -0.1) is 0 Å². The molecule has 1 heteroatoms. The summed E-state index contributed by atoms with van der Waals surface area (Å²) in [5.41, 5.74) is 13.2. The van der Waals surface area contributed by atoms with Crippen LogP contribution in [0.4, 0.5) is 5.69 Å². The average Bonchev–Trinajstić information content (AvgIpc) is 2.55. The Kier molecular flexibility index (Phi) is 3.97. The summed E-state index contributed by atoms with van der Waals surface area (Å²) in [5, 5.41) is 0. The molecule has 1 nitrogen and oxygen atoms in total. The molecule has 0 bridgehead atoms. The van der Waals surface area contributed by atoms with Crippen molar-refractivity contribution in [3.63, 3.8) is 0 Å². The zero-order valence-corrected chi connectivity index (χ0v) is 13.1. The molecule has 110 valence electrons. The molecular formula is C21H21N. The van der Waals surface area contributed by atoms with Gasteiger partial charge < -0.3 is 5.73 Å². The minimum Gasteiger partial charge on any atom is -0.398 e. The number of rotatable bonds is 3. The lowest BCUT2D eigenvalue weighted by molar-refractivity contribution is 0.972. The lowest BCUT2D eigenvalue weighted by Gasteiger charge is -2.21. The number of aryl methyl sites for hydroxylation is 2. The van der Waals surface area contributed by atoms with E-state index in [2.05, 4.69) is 86.6 Å². The molecule has 0 amide bonds. The molecule has 0 heterocycles. The van der Waals surface area contributed by atoms with Crippen LogP contribution >= 0.6 is 0 Å². The Labute approximate surface area is 132 Å². The lowest BCUT2D eigenvalue weighted by atomic mass is 9.83. The van der Waals surface area contributed by atoms with Crippen LogP contribution < -0.4 is 5.73 Å². The Morgan fingerprint density at radius 1 is 0.636 bits per heavy atom. The first-order chi connectivity index (χ1) is 10.7. The molecule has 0 fully saturated rings. The minimum absolute atomic E-state index is 0.236. The van der Waals surface area contributed by atoms with Crippen molar-refractivity contribution in [2.75, 3.05) is 5.73 Å². The lowest BCUT2D eigenvalue weighted by Crippen LogP contribution is -2.05. The van der Waals surface area contributed by atoms with Gasteiger partial charge in [-0.1, -0.05) is 72.8 Å². The van der Waals surface area contributed by atoms with Crippen molar-refractivity contribution in [2.24, 2.45) is 0 Å². The maximum Gasteiger partial charge on any atom is 0.0373 e. The van der Waals surface area contributed by atoms with Crippen LogP contribution in [0.2, 0.25) is 0 Å². The van der Waals surface area contributed by atoms with E-state index in [0.717, 1.165) is 16.8 Å². The van der Waals surface area contributed by atoms with Gasteiger partial charge in [-0.2, -0.15) is 0 Å². The zero-order chi connectivity index (χ0) is 15.5. The van der Waals surface area contributed by atoms with Crippen molar-refractivity contribution in [3.8, 4) is 0 Å². The summed E-state index contributed by atoms with van der Waals surface area (Å²) in [6, 6.07) is 25.7. The summed E-state index contributed by atoms with van der Waals surface area (Å²) in [6.45, 7) is 4.16. The van der Waals surface area contributed by atoms with E-state index in [1.165, 1.54) is 16.7 Å². The fraction of sp³-hybridized carbons (Fsp3) is 0.143. The van der Waals surface area contributed by atoms with Crippen molar-refractivity contribution < 1.29 is 0 Å². The third kappa shape index (κ3) is 2.75. The fourth-order valence-electron chi connectivity index (χ4n) is 3.04. The molecule has 0 saturated carbocycles. The maximum atomic E-state index is 6.13. The third-order valence-corrected chi connectivity index (χ3v) is 4.22. The summed E-state index contributed by atoms with van der Waals surface area (Å²) < 4.78 is 0. The van der Waals surface area contributed by atoms with Gasteiger partial charge in [0.15, 0.2) is 0 Å². The van der Waals surface area contributed by atoms with Gasteiger partial charge in [-0.3, -0.25) is 0 Å². The van der Waals surface area contributed by atoms with Crippen molar-refractivity contribution >= 4 is 5.69 Å². The van der Waals surface area contributed by atoms with E-state index in [4.69, 9.17) is 5.73 Å². The molecule has 0 radical (unpaired) electrons. The standard InChI is InChI=1S/C21H21N/c1-15-13-19(14-16(2)21(15)22)20(17-9-5-3-6-10-17)18-11-7-4-8-12-18/h3-14,20H,22H2,1-2H3. The van der Waals surface area contributed by atoms with E-state index in [9.17, 15) is 0 Å². The quantitative estimate of drug-likeness (QED) is 0.528. The highest BCUT2D eigenvalue weighted by Crippen LogP contribution is 2.34. The Morgan fingerprint density at radius 3 is 1.45 bits per heavy atom.